The van der Waals surface area contributed by atoms with E-state index in [1.807, 2.05) is 13.8 Å². The van der Waals surface area contributed by atoms with Crippen molar-refractivity contribution in [3.05, 3.63) is 0 Å². The lowest BCUT2D eigenvalue weighted by atomic mass is 9.96. The van der Waals surface area contributed by atoms with Crippen LogP contribution >= 0.6 is 0 Å². The van der Waals surface area contributed by atoms with Gasteiger partial charge in [0.2, 0.25) is 5.91 Å². The Bertz CT molecular complexity index is 251. The highest BCUT2D eigenvalue weighted by Gasteiger charge is 2.30. The minimum Gasteiger partial charge on any atom is -0.368 e. The quantitative estimate of drug-likeness (QED) is 0.702. The molecule has 1 unspecified atom stereocenters. The molecule has 1 atom stereocenters. The van der Waals surface area contributed by atoms with Crippen molar-refractivity contribution in [2.24, 2.45) is 5.73 Å². The fourth-order valence-corrected chi connectivity index (χ4v) is 2.62. The van der Waals surface area contributed by atoms with Crippen molar-refractivity contribution in [1.82, 2.24) is 10.2 Å². The third-order valence-electron chi connectivity index (χ3n) is 4.02. The van der Waals surface area contributed by atoms with Gasteiger partial charge in [-0.1, -0.05) is 19.8 Å². The molecule has 0 saturated heterocycles. The van der Waals surface area contributed by atoms with E-state index in [4.69, 9.17) is 5.73 Å². The Morgan fingerprint density at radius 3 is 2.53 bits per heavy atom. The molecule has 1 aliphatic carbocycles. The van der Waals surface area contributed by atoms with Crippen LogP contribution in [0.2, 0.25) is 0 Å². The molecule has 0 bridgehead atoms. The number of amides is 1. The number of hydrogen-bond donors (Lipinski definition) is 2. The van der Waals surface area contributed by atoms with Crippen LogP contribution in [0.4, 0.5) is 0 Å². The van der Waals surface area contributed by atoms with Gasteiger partial charge in [-0.2, -0.15) is 0 Å². The number of hydrogen-bond acceptors (Lipinski definition) is 3. The van der Waals surface area contributed by atoms with E-state index in [-0.39, 0.29) is 5.91 Å². The van der Waals surface area contributed by atoms with Gasteiger partial charge in [-0.25, -0.2) is 0 Å². The maximum atomic E-state index is 11.5. The molecule has 0 radical (unpaired) electrons. The SMILES string of the molecule is CCNC(C)(CCN(C)C1CCCC1)C(N)=O. The first kappa shape index (κ1) is 14.5. The third kappa shape index (κ3) is 3.96. The first-order valence-corrected chi connectivity index (χ1v) is 6.75. The van der Waals surface area contributed by atoms with E-state index < -0.39 is 5.54 Å². The Balaban J connectivity index is 2.42. The molecule has 0 aromatic rings. The lowest BCUT2D eigenvalue weighted by Gasteiger charge is -2.31. The van der Waals surface area contributed by atoms with Crippen molar-refractivity contribution in [3.63, 3.8) is 0 Å². The largest absolute Gasteiger partial charge is 0.368 e. The zero-order valence-corrected chi connectivity index (χ0v) is 11.5. The van der Waals surface area contributed by atoms with E-state index >= 15 is 0 Å². The molecular weight excluding hydrogens is 214 g/mol. The summed E-state index contributed by atoms with van der Waals surface area (Å²) in [5.41, 5.74) is 4.91. The molecule has 0 aromatic carbocycles. The number of rotatable bonds is 7. The molecule has 3 N–H and O–H groups in total. The van der Waals surface area contributed by atoms with Gasteiger partial charge in [0.1, 0.15) is 0 Å². The van der Waals surface area contributed by atoms with Crippen molar-refractivity contribution < 1.29 is 4.79 Å². The van der Waals surface area contributed by atoms with Gasteiger partial charge >= 0.3 is 0 Å². The van der Waals surface area contributed by atoms with E-state index in [0.29, 0.717) is 6.04 Å². The maximum absolute atomic E-state index is 11.5. The molecule has 0 aliphatic heterocycles. The normalized spacial score (nSPS) is 20.7. The number of nitrogens with zero attached hydrogens (tertiary/aromatic N) is 1. The van der Waals surface area contributed by atoms with Gasteiger partial charge < -0.3 is 16.0 Å². The van der Waals surface area contributed by atoms with Gasteiger partial charge in [0.25, 0.3) is 0 Å². The third-order valence-corrected chi connectivity index (χ3v) is 4.02. The van der Waals surface area contributed by atoms with Crippen LogP contribution in [0.3, 0.4) is 0 Å². The standard InChI is InChI=1S/C13H27N3O/c1-4-15-13(2,12(14)17)9-10-16(3)11-7-5-6-8-11/h11,15H,4-10H2,1-3H3,(H2,14,17). The summed E-state index contributed by atoms with van der Waals surface area (Å²) in [6, 6.07) is 0.703. The lowest BCUT2D eigenvalue weighted by Crippen LogP contribution is -2.54. The Labute approximate surface area is 105 Å². The smallest absolute Gasteiger partial charge is 0.237 e. The van der Waals surface area contributed by atoms with Gasteiger partial charge in [0.15, 0.2) is 0 Å². The molecule has 0 spiro atoms. The average molecular weight is 241 g/mol. The minimum absolute atomic E-state index is 0.251. The highest BCUT2D eigenvalue weighted by atomic mass is 16.1. The molecule has 1 rings (SSSR count). The van der Waals surface area contributed by atoms with Crippen LogP contribution in [0.1, 0.15) is 46.0 Å². The fraction of sp³-hybridized carbons (Fsp3) is 0.923. The van der Waals surface area contributed by atoms with Crippen molar-refractivity contribution in [2.45, 2.75) is 57.5 Å². The average Bonchev–Trinajstić information content (AvgIpc) is 2.79. The molecule has 1 fully saturated rings. The van der Waals surface area contributed by atoms with Crippen LogP contribution in [0.5, 0.6) is 0 Å². The Morgan fingerprint density at radius 2 is 2.06 bits per heavy atom. The van der Waals surface area contributed by atoms with Gasteiger partial charge in [-0.15, -0.1) is 0 Å². The van der Waals surface area contributed by atoms with Crippen molar-refractivity contribution in [1.29, 1.82) is 0 Å². The van der Waals surface area contributed by atoms with Crippen molar-refractivity contribution in [3.8, 4) is 0 Å². The number of primary amides is 1. The van der Waals surface area contributed by atoms with Crippen LogP contribution in [-0.2, 0) is 4.79 Å². The Hall–Kier alpha value is -0.610. The second kappa shape index (κ2) is 6.36. The first-order chi connectivity index (χ1) is 7.99. The van der Waals surface area contributed by atoms with E-state index in [9.17, 15) is 4.79 Å². The monoisotopic (exact) mass is 241 g/mol. The van der Waals surface area contributed by atoms with E-state index in [2.05, 4.69) is 17.3 Å². The topological polar surface area (TPSA) is 58.4 Å². The summed E-state index contributed by atoms with van der Waals surface area (Å²) >= 11 is 0. The Morgan fingerprint density at radius 1 is 1.47 bits per heavy atom. The van der Waals surface area contributed by atoms with Crippen LogP contribution in [0, 0.1) is 0 Å². The molecule has 1 saturated carbocycles. The lowest BCUT2D eigenvalue weighted by molar-refractivity contribution is -0.124. The van der Waals surface area contributed by atoms with Crippen molar-refractivity contribution in [2.75, 3.05) is 20.1 Å². The molecule has 0 aromatic heterocycles. The summed E-state index contributed by atoms with van der Waals surface area (Å²) in [6.45, 7) is 5.60. The van der Waals surface area contributed by atoms with E-state index in [0.717, 1.165) is 19.5 Å². The van der Waals surface area contributed by atoms with Crippen LogP contribution in [0.15, 0.2) is 0 Å². The molecule has 17 heavy (non-hydrogen) atoms. The number of nitrogens with one attached hydrogen (secondary N) is 1. The first-order valence-electron chi connectivity index (χ1n) is 6.75. The molecule has 1 amide bonds. The number of carbonyl (C=O) groups excluding carboxylic acids is 1. The summed E-state index contributed by atoms with van der Waals surface area (Å²) in [5.74, 6) is -0.251. The summed E-state index contributed by atoms with van der Waals surface area (Å²) in [4.78, 5) is 13.9. The Kier molecular flexibility index (Phi) is 5.40. The zero-order valence-electron chi connectivity index (χ0n) is 11.5. The van der Waals surface area contributed by atoms with Crippen LogP contribution in [0.25, 0.3) is 0 Å². The highest BCUT2D eigenvalue weighted by molar-refractivity contribution is 5.84. The van der Waals surface area contributed by atoms with E-state index in [1.54, 1.807) is 0 Å². The summed E-state index contributed by atoms with van der Waals surface area (Å²) in [6.07, 6.45) is 6.06. The molecule has 100 valence electrons. The second-order valence-electron chi connectivity index (χ2n) is 5.40. The van der Waals surface area contributed by atoms with Gasteiger partial charge in [-0.3, -0.25) is 4.79 Å². The number of nitrogens with two attached hydrogens (primary N) is 1. The fourth-order valence-electron chi connectivity index (χ4n) is 2.62. The highest BCUT2D eigenvalue weighted by Crippen LogP contribution is 2.23. The van der Waals surface area contributed by atoms with E-state index in [1.165, 1.54) is 25.7 Å². The van der Waals surface area contributed by atoms with Crippen LogP contribution in [-0.4, -0.2) is 42.5 Å². The molecule has 0 heterocycles. The number of likely N-dealkylation sites (N-methyl/N-ethyl adjacent to an activating group) is 1. The molecule has 4 nitrogen and oxygen atoms in total. The van der Waals surface area contributed by atoms with Gasteiger partial charge in [0, 0.05) is 12.6 Å². The van der Waals surface area contributed by atoms with Gasteiger partial charge in [0.05, 0.1) is 5.54 Å². The molecule has 1 aliphatic rings. The second-order valence-corrected chi connectivity index (χ2v) is 5.40. The van der Waals surface area contributed by atoms with Gasteiger partial charge in [-0.05, 0) is 39.8 Å². The zero-order chi connectivity index (χ0) is 12.9. The predicted molar refractivity (Wildman–Crippen MR) is 70.8 cm³/mol. The predicted octanol–water partition coefficient (Wildman–Crippen LogP) is 1.10. The summed E-state index contributed by atoms with van der Waals surface area (Å²) in [5, 5.41) is 3.20. The summed E-state index contributed by atoms with van der Waals surface area (Å²) < 4.78 is 0. The molecule has 4 heteroatoms. The maximum Gasteiger partial charge on any atom is 0.237 e. The minimum atomic E-state index is -0.568. The van der Waals surface area contributed by atoms with Crippen LogP contribution < -0.4 is 11.1 Å². The molecular formula is C13H27N3O. The number of carbonyl (C=O) groups is 1. The van der Waals surface area contributed by atoms with Crippen molar-refractivity contribution >= 4 is 5.91 Å². The summed E-state index contributed by atoms with van der Waals surface area (Å²) in [7, 11) is 2.16.